The lowest BCUT2D eigenvalue weighted by Gasteiger charge is -2.10. The Bertz CT molecular complexity index is 813. The van der Waals surface area contributed by atoms with Gasteiger partial charge >= 0.3 is 5.97 Å². The molecule has 6 nitrogen and oxygen atoms in total. The van der Waals surface area contributed by atoms with Crippen LogP contribution in [0.2, 0.25) is 0 Å². The molecule has 0 aliphatic rings. The predicted molar refractivity (Wildman–Crippen MR) is 102 cm³/mol. The summed E-state index contributed by atoms with van der Waals surface area (Å²) in [6, 6.07) is 5.01. The van der Waals surface area contributed by atoms with Gasteiger partial charge in [0, 0.05) is 10.4 Å². The Balaban J connectivity index is 2.17. The summed E-state index contributed by atoms with van der Waals surface area (Å²) in [6.07, 6.45) is 0. The van der Waals surface area contributed by atoms with Crippen LogP contribution < -0.4 is 14.8 Å². The molecule has 0 spiro atoms. The van der Waals surface area contributed by atoms with Gasteiger partial charge in [-0.1, -0.05) is 0 Å². The van der Waals surface area contributed by atoms with Crippen LogP contribution in [0.1, 0.15) is 38.1 Å². The zero-order valence-electron chi connectivity index (χ0n) is 15.6. The zero-order chi connectivity index (χ0) is 19.3. The van der Waals surface area contributed by atoms with Crippen LogP contribution in [0.25, 0.3) is 0 Å². The van der Waals surface area contributed by atoms with Crippen LogP contribution in [-0.4, -0.2) is 39.1 Å². The first-order valence-electron chi connectivity index (χ1n) is 8.19. The van der Waals surface area contributed by atoms with Gasteiger partial charge in [-0.25, -0.2) is 4.79 Å². The van der Waals surface area contributed by atoms with Gasteiger partial charge in [-0.3, -0.25) is 4.79 Å². The van der Waals surface area contributed by atoms with E-state index in [0.717, 1.165) is 10.4 Å². The summed E-state index contributed by atoms with van der Waals surface area (Å²) in [6.45, 7) is 5.93. The summed E-state index contributed by atoms with van der Waals surface area (Å²) in [7, 11) is 3.06. The topological polar surface area (TPSA) is 73.9 Å². The molecule has 1 heterocycles. The van der Waals surface area contributed by atoms with E-state index in [1.165, 1.54) is 18.4 Å². The van der Waals surface area contributed by atoms with Crippen LogP contribution in [0, 0.1) is 13.8 Å². The minimum atomic E-state index is -0.379. The van der Waals surface area contributed by atoms with Crippen LogP contribution in [0.15, 0.2) is 18.2 Å². The molecule has 0 aliphatic heterocycles. The highest BCUT2D eigenvalue weighted by atomic mass is 32.1. The lowest BCUT2D eigenvalue weighted by molar-refractivity contribution is 0.0527. The lowest BCUT2D eigenvalue weighted by Crippen LogP contribution is -2.16. The highest BCUT2D eigenvalue weighted by Gasteiger charge is 2.21. The maximum atomic E-state index is 12.5. The van der Waals surface area contributed by atoms with Gasteiger partial charge in [0.2, 0.25) is 0 Å². The second-order valence-corrected chi connectivity index (χ2v) is 6.78. The molecular formula is C19H23NO5S. The number of aryl methyl sites for hydroxylation is 1. The fraction of sp³-hybridized carbons (Fsp3) is 0.368. The van der Waals surface area contributed by atoms with Crippen LogP contribution in [0.4, 0.5) is 5.00 Å². The van der Waals surface area contributed by atoms with Crippen molar-refractivity contribution in [3.63, 3.8) is 0 Å². The summed E-state index contributed by atoms with van der Waals surface area (Å²) < 4.78 is 15.5. The van der Waals surface area contributed by atoms with E-state index in [0.29, 0.717) is 34.2 Å². The molecule has 1 aromatic heterocycles. The molecule has 0 aliphatic carbocycles. The van der Waals surface area contributed by atoms with Crippen molar-refractivity contribution in [1.82, 2.24) is 0 Å². The maximum Gasteiger partial charge on any atom is 0.341 e. The zero-order valence-corrected chi connectivity index (χ0v) is 16.4. The smallest absolute Gasteiger partial charge is 0.341 e. The van der Waals surface area contributed by atoms with Crippen LogP contribution in [-0.2, 0) is 4.74 Å². The summed E-state index contributed by atoms with van der Waals surface area (Å²) in [5, 5.41) is 3.72. The molecule has 0 fully saturated rings. The minimum Gasteiger partial charge on any atom is -0.493 e. The van der Waals surface area contributed by atoms with E-state index >= 15 is 0 Å². The molecule has 1 aromatic carbocycles. The number of carbonyl (C=O) groups is 2. The van der Waals surface area contributed by atoms with Crippen molar-refractivity contribution in [3.8, 4) is 11.5 Å². The van der Waals surface area contributed by atoms with Gasteiger partial charge in [-0.2, -0.15) is 0 Å². The number of hydrogen-bond acceptors (Lipinski definition) is 7. The first kappa shape index (κ1) is 19.8. The standard InChI is InChI=1S/C19H23NO5S/c1-6-25-19(22)17-11(2)12(3)26-18(17)20-10-14(21)13-7-8-15(23-4)16(9-13)24-5/h7-9,20H,6,10H2,1-5H3. The molecule has 7 heteroatoms. The molecule has 0 saturated heterocycles. The van der Waals surface area contributed by atoms with E-state index < -0.39 is 0 Å². The van der Waals surface area contributed by atoms with Crippen molar-refractivity contribution in [2.24, 2.45) is 0 Å². The third-order valence-electron chi connectivity index (χ3n) is 3.98. The second-order valence-electron chi connectivity index (χ2n) is 5.55. The van der Waals surface area contributed by atoms with Crippen molar-refractivity contribution >= 4 is 28.1 Å². The van der Waals surface area contributed by atoms with Crippen LogP contribution in [0.5, 0.6) is 11.5 Å². The third kappa shape index (κ3) is 4.16. The Hall–Kier alpha value is -2.54. The SMILES string of the molecule is CCOC(=O)c1c(NCC(=O)c2ccc(OC)c(OC)c2)sc(C)c1C. The first-order valence-corrected chi connectivity index (χ1v) is 9.00. The van der Waals surface area contributed by atoms with Gasteiger partial charge in [0.1, 0.15) is 5.00 Å². The largest absolute Gasteiger partial charge is 0.493 e. The quantitative estimate of drug-likeness (QED) is 0.556. The predicted octanol–water partition coefficient (Wildman–Crippen LogP) is 3.85. The number of ketones is 1. The monoisotopic (exact) mass is 377 g/mol. The summed E-state index contributed by atoms with van der Waals surface area (Å²) in [4.78, 5) is 25.7. The highest BCUT2D eigenvalue weighted by Crippen LogP contribution is 2.33. The van der Waals surface area contributed by atoms with Gasteiger partial charge in [0.15, 0.2) is 17.3 Å². The number of nitrogens with one attached hydrogen (secondary N) is 1. The van der Waals surface area contributed by atoms with E-state index in [1.54, 1.807) is 32.2 Å². The number of ether oxygens (including phenoxy) is 3. The van der Waals surface area contributed by atoms with Crippen molar-refractivity contribution in [1.29, 1.82) is 0 Å². The molecule has 1 N–H and O–H groups in total. The van der Waals surface area contributed by atoms with Gasteiger partial charge in [0.05, 0.1) is 32.9 Å². The Morgan fingerprint density at radius 1 is 1.12 bits per heavy atom. The van der Waals surface area contributed by atoms with E-state index in [1.807, 2.05) is 13.8 Å². The molecule has 2 aromatic rings. The van der Waals surface area contributed by atoms with E-state index in [9.17, 15) is 9.59 Å². The Morgan fingerprint density at radius 3 is 2.42 bits per heavy atom. The fourth-order valence-electron chi connectivity index (χ4n) is 2.47. The fourth-order valence-corrected chi connectivity index (χ4v) is 3.52. The Morgan fingerprint density at radius 2 is 1.81 bits per heavy atom. The number of carbonyl (C=O) groups excluding carboxylic acids is 2. The molecule has 140 valence electrons. The number of hydrogen-bond donors (Lipinski definition) is 1. The van der Waals surface area contributed by atoms with Gasteiger partial charge in [-0.15, -0.1) is 11.3 Å². The lowest BCUT2D eigenvalue weighted by atomic mass is 10.1. The van der Waals surface area contributed by atoms with Crippen LogP contribution in [0.3, 0.4) is 0 Å². The summed E-state index contributed by atoms with van der Waals surface area (Å²) >= 11 is 1.44. The molecule has 2 rings (SSSR count). The average Bonchev–Trinajstić information content (AvgIpc) is 2.93. The minimum absolute atomic E-state index is 0.0568. The molecule has 0 atom stereocenters. The number of rotatable bonds is 8. The molecule has 0 unspecified atom stereocenters. The van der Waals surface area contributed by atoms with Crippen LogP contribution >= 0.6 is 11.3 Å². The maximum absolute atomic E-state index is 12.5. The Kier molecular flexibility index (Phi) is 6.63. The van der Waals surface area contributed by atoms with Crippen molar-refractivity contribution < 1.29 is 23.8 Å². The van der Waals surface area contributed by atoms with Crippen molar-refractivity contribution in [3.05, 3.63) is 39.8 Å². The number of anilines is 1. The molecular weight excluding hydrogens is 354 g/mol. The van der Waals surface area contributed by atoms with E-state index in [-0.39, 0.29) is 18.3 Å². The van der Waals surface area contributed by atoms with Crippen molar-refractivity contribution in [2.75, 3.05) is 32.7 Å². The summed E-state index contributed by atoms with van der Waals surface area (Å²) in [5.74, 6) is 0.555. The van der Waals surface area contributed by atoms with Crippen molar-refractivity contribution in [2.45, 2.75) is 20.8 Å². The highest BCUT2D eigenvalue weighted by molar-refractivity contribution is 7.16. The van der Waals surface area contributed by atoms with Gasteiger partial charge in [-0.05, 0) is 44.5 Å². The first-order chi connectivity index (χ1) is 12.4. The normalized spacial score (nSPS) is 10.3. The number of benzene rings is 1. The molecule has 0 saturated carbocycles. The second kappa shape index (κ2) is 8.71. The van der Waals surface area contributed by atoms with E-state index in [2.05, 4.69) is 5.32 Å². The number of esters is 1. The number of methoxy groups -OCH3 is 2. The molecule has 0 amide bonds. The Labute approximate surface area is 157 Å². The average molecular weight is 377 g/mol. The summed E-state index contributed by atoms with van der Waals surface area (Å²) in [5.41, 5.74) is 1.86. The number of Topliss-reactive ketones (excluding diaryl/α,β-unsaturated/α-hetero) is 1. The van der Waals surface area contributed by atoms with Gasteiger partial charge < -0.3 is 19.5 Å². The molecule has 0 bridgehead atoms. The molecule has 26 heavy (non-hydrogen) atoms. The van der Waals surface area contributed by atoms with Gasteiger partial charge in [0.25, 0.3) is 0 Å². The molecule has 0 radical (unpaired) electrons. The van der Waals surface area contributed by atoms with E-state index in [4.69, 9.17) is 14.2 Å². The number of thiophene rings is 1. The third-order valence-corrected chi connectivity index (χ3v) is 5.14.